The van der Waals surface area contributed by atoms with Crippen molar-refractivity contribution in [2.75, 3.05) is 18.1 Å². The number of para-hydroxylation sites is 1. The summed E-state index contributed by atoms with van der Waals surface area (Å²) in [5.74, 6) is 0.968. The number of hydrogen-bond donors (Lipinski definition) is 0. The SMILES string of the molecule is c1ccc2c(c1)CCN2N1CCCC2CCCCC21. The van der Waals surface area contributed by atoms with Crippen molar-refractivity contribution in [1.82, 2.24) is 5.01 Å². The Labute approximate surface area is 116 Å². The summed E-state index contributed by atoms with van der Waals surface area (Å²) < 4.78 is 0. The monoisotopic (exact) mass is 256 g/mol. The van der Waals surface area contributed by atoms with Crippen LogP contribution in [0.5, 0.6) is 0 Å². The van der Waals surface area contributed by atoms with Crippen LogP contribution in [0, 0.1) is 5.92 Å². The molecule has 1 saturated carbocycles. The van der Waals surface area contributed by atoms with Gasteiger partial charge in [0.2, 0.25) is 0 Å². The van der Waals surface area contributed by atoms with Gasteiger partial charge in [-0.15, -0.1) is 0 Å². The van der Waals surface area contributed by atoms with E-state index in [1.807, 2.05) is 0 Å². The van der Waals surface area contributed by atoms with Gasteiger partial charge in [-0.1, -0.05) is 31.0 Å². The van der Waals surface area contributed by atoms with Gasteiger partial charge < -0.3 is 5.01 Å². The van der Waals surface area contributed by atoms with Gasteiger partial charge in [0.15, 0.2) is 0 Å². The van der Waals surface area contributed by atoms with Gasteiger partial charge in [0.1, 0.15) is 0 Å². The van der Waals surface area contributed by atoms with Crippen LogP contribution in [0.4, 0.5) is 5.69 Å². The van der Waals surface area contributed by atoms with Crippen molar-refractivity contribution in [3.63, 3.8) is 0 Å². The Balaban J connectivity index is 1.61. The number of anilines is 1. The number of hydrogen-bond acceptors (Lipinski definition) is 2. The van der Waals surface area contributed by atoms with Crippen molar-refractivity contribution in [2.24, 2.45) is 5.92 Å². The molecule has 2 nitrogen and oxygen atoms in total. The molecular formula is C17H24N2. The highest BCUT2D eigenvalue weighted by Gasteiger charge is 2.37. The van der Waals surface area contributed by atoms with Gasteiger partial charge in [0.25, 0.3) is 0 Å². The fourth-order valence-electron chi connectivity index (χ4n) is 4.49. The molecule has 2 aliphatic heterocycles. The zero-order chi connectivity index (χ0) is 12.7. The molecule has 0 N–H and O–H groups in total. The fraction of sp³-hybridized carbons (Fsp3) is 0.647. The molecule has 102 valence electrons. The van der Waals surface area contributed by atoms with Crippen molar-refractivity contribution in [3.05, 3.63) is 29.8 Å². The molecule has 3 aliphatic rings. The highest BCUT2D eigenvalue weighted by molar-refractivity contribution is 5.57. The van der Waals surface area contributed by atoms with Crippen LogP contribution >= 0.6 is 0 Å². The number of nitrogens with zero attached hydrogens (tertiary/aromatic N) is 2. The van der Waals surface area contributed by atoms with Crippen molar-refractivity contribution in [3.8, 4) is 0 Å². The predicted molar refractivity (Wildman–Crippen MR) is 79.2 cm³/mol. The van der Waals surface area contributed by atoms with Crippen LogP contribution in [0.1, 0.15) is 44.1 Å². The topological polar surface area (TPSA) is 6.48 Å². The summed E-state index contributed by atoms with van der Waals surface area (Å²) in [5, 5.41) is 5.34. The number of benzene rings is 1. The van der Waals surface area contributed by atoms with Gasteiger partial charge >= 0.3 is 0 Å². The molecule has 2 unspecified atom stereocenters. The fourth-order valence-corrected chi connectivity index (χ4v) is 4.49. The van der Waals surface area contributed by atoms with Crippen LogP contribution in [-0.2, 0) is 6.42 Å². The summed E-state index contributed by atoms with van der Waals surface area (Å²) in [7, 11) is 0. The van der Waals surface area contributed by atoms with Gasteiger partial charge in [0.05, 0.1) is 5.69 Å². The van der Waals surface area contributed by atoms with Crippen molar-refractivity contribution in [2.45, 2.75) is 51.0 Å². The molecule has 2 fully saturated rings. The van der Waals surface area contributed by atoms with E-state index in [4.69, 9.17) is 0 Å². The second-order valence-electron chi connectivity index (χ2n) is 6.42. The molecule has 1 aromatic carbocycles. The third-order valence-corrected chi connectivity index (χ3v) is 5.39. The molecule has 2 heterocycles. The average molecular weight is 256 g/mol. The van der Waals surface area contributed by atoms with Gasteiger partial charge in [-0.2, -0.15) is 0 Å². The number of fused-ring (bicyclic) bond motifs is 2. The van der Waals surface area contributed by atoms with Crippen LogP contribution in [-0.4, -0.2) is 24.1 Å². The summed E-state index contributed by atoms with van der Waals surface area (Å²) in [6.07, 6.45) is 9.87. The predicted octanol–water partition coefficient (Wildman–Crippen LogP) is 3.62. The van der Waals surface area contributed by atoms with E-state index in [2.05, 4.69) is 34.3 Å². The molecule has 4 rings (SSSR count). The Morgan fingerprint density at radius 3 is 2.74 bits per heavy atom. The average Bonchev–Trinajstić information content (AvgIpc) is 2.90. The summed E-state index contributed by atoms with van der Waals surface area (Å²) >= 11 is 0. The van der Waals surface area contributed by atoms with Gasteiger partial charge in [-0.25, -0.2) is 5.01 Å². The van der Waals surface area contributed by atoms with E-state index in [-0.39, 0.29) is 0 Å². The second-order valence-corrected chi connectivity index (χ2v) is 6.42. The second kappa shape index (κ2) is 4.82. The van der Waals surface area contributed by atoms with E-state index in [0.717, 1.165) is 12.0 Å². The molecule has 0 amide bonds. The lowest BCUT2D eigenvalue weighted by Crippen LogP contribution is -2.55. The molecule has 19 heavy (non-hydrogen) atoms. The van der Waals surface area contributed by atoms with E-state index in [0.29, 0.717) is 0 Å². The third-order valence-electron chi connectivity index (χ3n) is 5.39. The smallest absolute Gasteiger partial charge is 0.0555 e. The van der Waals surface area contributed by atoms with E-state index in [1.165, 1.54) is 63.7 Å². The Kier molecular flexibility index (Phi) is 2.99. The molecule has 0 radical (unpaired) electrons. The molecule has 2 atom stereocenters. The molecule has 1 aliphatic carbocycles. The van der Waals surface area contributed by atoms with Crippen LogP contribution in [0.3, 0.4) is 0 Å². The van der Waals surface area contributed by atoms with Gasteiger partial charge in [-0.05, 0) is 49.7 Å². The minimum atomic E-state index is 0.827. The molecule has 0 spiro atoms. The van der Waals surface area contributed by atoms with Gasteiger partial charge in [-0.3, -0.25) is 0 Å². The molecule has 1 aromatic rings. The standard InChI is InChI=1S/C17H24N2/c1-3-9-16-14(6-1)8-5-12-18(16)19-13-11-15-7-2-4-10-17(15)19/h2,4,7,10,14,16H,1,3,5-6,8-9,11-13H2. The van der Waals surface area contributed by atoms with E-state index >= 15 is 0 Å². The summed E-state index contributed by atoms with van der Waals surface area (Å²) in [5.41, 5.74) is 3.02. The van der Waals surface area contributed by atoms with E-state index in [1.54, 1.807) is 5.56 Å². The maximum atomic E-state index is 2.74. The lowest BCUT2D eigenvalue weighted by Gasteiger charge is -2.48. The highest BCUT2D eigenvalue weighted by Crippen LogP contribution is 2.39. The minimum absolute atomic E-state index is 0.827. The first kappa shape index (κ1) is 11.8. The third kappa shape index (κ3) is 1.97. The first-order chi connectivity index (χ1) is 9.43. The van der Waals surface area contributed by atoms with Crippen LogP contribution in [0.25, 0.3) is 0 Å². The molecular weight excluding hydrogens is 232 g/mol. The number of hydrazine groups is 1. The largest absolute Gasteiger partial charge is 0.305 e. The first-order valence-corrected chi connectivity index (χ1v) is 8.05. The Bertz CT molecular complexity index is 454. The van der Waals surface area contributed by atoms with Crippen LogP contribution < -0.4 is 5.01 Å². The molecule has 1 saturated heterocycles. The molecule has 2 heteroatoms. The Morgan fingerprint density at radius 2 is 1.74 bits per heavy atom. The zero-order valence-electron chi connectivity index (χ0n) is 11.7. The normalized spacial score (nSPS) is 31.1. The summed E-state index contributed by atoms with van der Waals surface area (Å²) in [6.45, 7) is 2.47. The van der Waals surface area contributed by atoms with Crippen LogP contribution in [0.2, 0.25) is 0 Å². The van der Waals surface area contributed by atoms with Crippen molar-refractivity contribution >= 4 is 5.69 Å². The first-order valence-electron chi connectivity index (χ1n) is 8.05. The zero-order valence-corrected chi connectivity index (χ0v) is 11.7. The number of piperidine rings is 1. The van der Waals surface area contributed by atoms with Crippen molar-refractivity contribution in [1.29, 1.82) is 0 Å². The maximum Gasteiger partial charge on any atom is 0.0555 e. The lowest BCUT2D eigenvalue weighted by atomic mass is 9.79. The van der Waals surface area contributed by atoms with E-state index in [9.17, 15) is 0 Å². The maximum absolute atomic E-state index is 2.74. The summed E-state index contributed by atoms with van der Waals surface area (Å²) in [6, 6.07) is 9.82. The quantitative estimate of drug-likeness (QED) is 0.757. The van der Waals surface area contributed by atoms with Crippen molar-refractivity contribution < 1.29 is 0 Å². The highest BCUT2D eigenvalue weighted by atomic mass is 15.6. The van der Waals surface area contributed by atoms with Crippen LogP contribution in [0.15, 0.2) is 24.3 Å². The van der Waals surface area contributed by atoms with E-state index < -0.39 is 0 Å². The Morgan fingerprint density at radius 1 is 0.895 bits per heavy atom. The summed E-state index contributed by atoms with van der Waals surface area (Å²) in [4.78, 5) is 0. The Hall–Kier alpha value is -1.02. The molecule has 0 bridgehead atoms. The minimum Gasteiger partial charge on any atom is -0.305 e. The molecule has 0 aromatic heterocycles. The van der Waals surface area contributed by atoms with Gasteiger partial charge in [0, 0.05) is 19.1 Å². The lowest BCUT2D eigenvalue weighted by molar-refractivity contribution is 0.0522. The number of rotatable bonds is 1.